The predicted molar refractivity (Wildman–Crippen MR) is 55.7 cm³/mol. The van der Waals surface area contributed by atoms with Crippen LogP contribution < -0.4 is 0 Å². The lowest BCUT2D eigenvalue weighted by Crippen LogP contribution is -2.34. The normalized spacial score (nSPS) is 23.3. The van der Waals surface area contributed by atoms with E-state index in [1.54, 1.807) is 0 Å². The second-order valence-electron chi connectivity index (χ2n) is 4.37. The van der Waals surface area contributed by atoms with E-state index >= 15 is 0 Å². The van der Waals surface area contributed by atoms with Crippen LogP contribution in [0.1, 0.15) is 32.6 Å². The summed E-state index contributed by atoms with van der Waals surface area (Å²) in [5, 5.41) is 9.26. The zero-order chi connectivity index (χ0) is 9.68. The fourth-order valence-corrected chi connectivity index (χ4v) is 2.35. The highest BCUT2D eigenvalue weighted by atomic mass is 16.3. The smallest absolute Gasteiger partial charge is 0.0461 e. The molecule has 2 nitrogen and oxygen atoms in total. The molecule has 1 saturated heterocycles. The molecule has 1 unspecified atom stereocenters. The van der Waals surface area contributed by atoms with Gasteiger partial charge in [-0.2, -0.15) is 0 Å². The van der Waals surface area contributed by atoms with E-state index < -0.39 is 0 Å². The molecule has 0 saturated carbocycles. The molecule has 1 atom stereocenters. The number of piperidine rings is 1. The Labute approximate surface area is 81.9 Å². The molecule has 2 heteroatoms. The Morgan fingerprint density at radius 1 is 1.38 bits per heavy atom. The Morgan fingerprint density at radius 2 is 2.00 bits per heavy atom. The molecule has 1 N–H and O–H groups in total. The maximum atomic E-state index is 9.26. The van der Waals surface area contributed by atoms with E-state index in [0.717, 1.165) is 5.92 Å². The minimum atomic E-state index is 0.391. The summed E-state index contributed by atoms with van der Waals surface area (Å²) >= 11 is 0. The van der Waals surface area contributed by atoms with Crippen molar-refractivity contribution in [2.45, 2.75) is 32.6 Å². The Bertz CT molecular complexity index is 130. The van der Waals surface area contributed by atoms with Gasteiger partial charge < -0.3 is 10.0 Å². The van der Waals surface area contributed by atoms with E-state index in [9.17, 15) is 5.11 Å². The average Bonchev–Trinajstić information content (AvgIpc) is 2.16. The molecule has 1 aliphatic heterocycles. The summed E-state index contributed by atoms with van der Waals surface area (Å²) < 4.78 is 0. The van der Waals surface area contributed by atoms with Gasteiger partial charge in [0.05, 0.1) is 0 Å². The third kappa shape index (κ3) is 3.28. The summed E-state index contributed by atoms with van der Waals surface area (Å²) in [5.41, 5.74) is 0. The number of aliphatic hydroxyl groups excluding tert-OH is 1. The third-order valence-corrected chi connectivity index (χ3v) is 3.32. The molecule has 0 spiro atoms. The zero-order valence-electron chi connectivity index (χ0n) is 9.00. The highest BCUT2D eigenvalue weighted by molar-refractivity contribution is 4.75. The van der Waals surface area contributed by atoms with Crippen LogP contribution in [0, 0.1) is 11.8 Å². The first-order valence-corrected chi connectivity index (χ1v) is 5.57. The van der Waals surface area contributed by atoms with E-state index in [4.69, 9.17) is 0 Å². The first-order chi connectivity index (χ1) is 6.27. The minimum absolute atomic E-state index is 0.391. The molecule has 0 aliphatic carbocycles. The third-order valence-electron chi connectivity index (χ3n) is 3.32. The molecule has 1 fully saturated rings. The molecule has 0 amide bonds. The van der Waals surface area contributed by atoms with E-state index in [1.165, 1.54) is 38.8 Å². The summed E-state index contributed by atoms with van der Waals surface area (Å²) in [6.45, 7) is 5.02. The van der Waals surface area contributed by atoms with Crippen molar-refractivity contribution < 1.29 is 5.11 Å². The fourth-order valence-electron chi connectivity index (χ4n) is 2.35. The summed E-state index contributed by atoms with van der Waals surface area (Å²) in [7, 11) is 2.18. The van der Waals surface area contributed by atoms with Crippen molar-refractivity contribution in [3.8, 4) is 0 Å². The highest BCUT2D eigenvalue weighted by Crippen LogP contribution is 2.27. The second-order valence-corrected chi connectivity index (χ2v) is 4.37. The van der Waals surface area contributed by atoms with Gasteiger partial charge >= 0.3 is 0 Å². The van der Waals surface area contributed by atoms with Crippen LogP contribution in [0.15, 0.2) is 0 Å². The van der Waals surface area contributed by atoms with Gasteiger partial charge in [0.15, 0.2) is 0 Å². The van der Waals surface area contributed by atoms with Crippen LogP contribution in [0.4, 0.5) is 0 Å². The lowest BCUT2D eigenvalue weighted by Gasteiger charge is -2.33. The van der Waals surface area contributed by atoms with Crippen molar-refractivity contribution in [3.63, 3.8) is 0 Å². The van der Waals surface area contributed by atoms with E-state index in [-0.39, 0.29) is 0 Å². The quantitative estimate of drug-likeness (QED) is 0.721. The van der Waals surface area contributed by atoms with Crippen molar-refractivity contribution in [3.05, 3.63) is 0 Å². The number of likely N-dealkylation sites (tertiary alicyclic amines) is 1. The number of hydrogen-bond donors (Lipinski definition) is 1. The Balaban J connectivity index is 2.32. The molecule has 0 aromatic rings. The topological polar surface area (TPSA) is 23.5 Å². The van der Waals surface area contributed by atoms with E-state index in [2.05, 4.69) is 18.9 Å². The maximum absolute atomic E-state index is 9.26. The molecule has 1 rings (SSSR count). The van der Waals surface area contributed by atoms with Crippen LogP contribution in [0.25, 0.3) is 0 Å². The van der Waals surface area contributed by atoms with Crippen LogP contribution in [0.2, 0.25) is 0 Å². The van der Waals surface area contributed by atoms with Crippen molar-refractivity contribution in [2.75, 3.05) is 26.7 Å². The summed E-state index contributed by atoms with van der Waals surface area (Å²) in [5.74, 6) is 1.35. The molecule has 78 valence electrons. The van der Waals surface area contributed by atoms with E-state index in [1.807, 2.05) is 0 Å². The van der Waals surface area contributed by atoms with Gasteiger partial charge in [0.1, 0.15) is 0 Å². The van der Waals surface area contributed by atoms with Crippen molar-refractivity contribution in [1.29, 1.82) is 0 Å². The van der Waals surface area contributed by atoms with Crippen LogP contribution in [0.5, 0.6) is 0 Å². The summed E-state index contributed by atoms with van der Waals surface area (Å²) in [6, 6.07) is 0. The maximum Gasteiger partial charge on any atom is 0.0461 e. The largest absolute Gasteiger partial charge is 0.396 e. The van der Waals surface area contributed by atoms with Gasteiger partial charge in [0.2, 0.25) is 0 Å². The van der Waals surface area contributed by atoms with Crippen LogP contribution in [-0.2, 0) is 0 Å². The number of hydrogen-bond acceptors (Lipinski definition) is 2. The molecule has 13 heavy (non-hydrogen) atoms. The second kappa shape index (κ2) is 5.61. The molecule has 1 heterocycles. The fraction of sp³-hybridized carbons (Fsp3) is 1.00. The molecule has 0 bridgehead atoms. The molecular weight excluding hydrogens is 162 g/mol. The van der Waals surface area contributed by atoms with Crippen molar-refractivity contribution in [2.24, 2.45) is 11.8 Å². The van der Waals surface area contributed by atoms with Gasteiger partial charge in [-0.3, -0.25) is 0 Å². The summed E-state index contributed by atoms with van der Waals surface area (Å²) in [6.07, 6.45) is 4.96. The zero-order valence-corrected chi connectivity index (χ0v) is 9.00. The molecule has 1 aliphatic rings. The molecule has 0 radical (unpaired) electrons. The van der Waals surface area contributed by atoms with Crippen LogP contribution in [0.3, 0.4) is 0 Å². The molecule has 0 aromatic carbocycles. The van der Waals surface area contributed by atoms with Crippen LogP contribution >= 0.6 is 0 Å². The van der Waals surface area contributed by atoms with Gasteiger partial charge in [-0.25, -0.2) is 0 Å². The number of nitrogens with zero attached hydrogens (tertiary/aromatic N) is 1. The highest BCUT2D eigenvalue weighted by Gasteiger charge is 2.23. The van der Waals surface area contributed by atoms with Gasteiger partial charge in [-0.05, 0) is 51.2 Å². The van der Waals surface area contributed by atoms with Gasteiger partial charge in [-0.15, -0.1) is 0 Å². The average molecular weight is 185 g/mol. The number of aliphatic hydroxyl groups is 1. The lowest BCUT2D eigenvalue weighted by atomic mass is 9.82. The molecule has 0 aromatic heterocycles. The summed E-state index contributed by atoms with van der Waals surface area (Å²) in [4.78, 5) is 2.39. The predicted octanol–water partition coefficient (Wildman–Crippen LogP) is 1.74. The van der Waals surface area contributed by atoms with Crippen molar-refractivity contribution >= 4 is 0 Å². The van der Waals surface area contributed by atoms with Gasteiger partial charge in [-0.1, -0.05) is 13.3 Å². The first-order valence-electron chi connectivity index (χ1n) is 5.57. The van der Waals surface area contributed by atoms with Gasteiger partial charge in [0, 0.05) is 6.61 Å². The monoisotopic (exact) mass is 185 g/mol. The van der Waals surface area contributed by atoms with E-state index in [0.29, 0.717) is 12.5 Å². The lowest BCUT2D eigenvalue weighted by molar-refractivity contribution is 0.112. The van der Waals surface area contributed by atoms with Crippen molar-refractivity contribution in [1.82, 2.24) is 4.90 Å². The number of rotatable bonds is 4. The molecular formula is C11H23NO. The Kier molecular flexibility index (Phi) is 4.74. The Morgan fingerprint density at radius 3 is 2.46 bits per heavy atom. The minimum Gasteiger partial charge on any atom is -0.396 e. The van der Waals surface area contributed by atoms with Gasteiger partial charge in [0.25, 0.3) is 0 Å². The first kappa shape index (κ1) is 11.0. The Hall–Kier alpha value is -0.0800. The SMILES string of the molecule is CCCC(CO)C1CCN(C)CC1. The van der Waals surface area contributed by atoms with Crippen LogP contribution in [-0.4, -0.2) is 36.8 Å². The standard InChI is InChI=1S/C11H23NO/c1-3-4-11(9-13)10-5-7-12(2)8-6-10/h10-11,13H,3-9H2,1-2H3.